The van der Waals surface area contributed by atoms with E-state index in [-0.39, 0.29) is 0 Å². The highest BCUT2D eigenvalue weighted by atomic mass is 16.5. The lowest BCUT2D eigenvalue weighted by atomic mass is 10.2. The molecule has 1 aliphatic heterocycles. The first-order valence-corrected chi connectivity index (χ1v) is 7.90. The summed E-state index contributed by atoms with van der Waals surface area (Å²) < 4.78 is 5.44. The molecule has 1 aliphatic carbocycles. The Morgan fingerprint density at radius 2 is 2.05 bits per heavy atom. The van der Waals surface area contributed by atoms with Gasteiger partial charge in [0.25, 0.3) is 0 Å². The summed E-state index contributed by atoms with van der Waals surface area (Å²) in [5.74, 6) is 2.39. The lowest BCUT2D eigenvalue weighted by Gasteiger charge is -2.21. The zero-order valence-corrected chi connectivity index (χ0v) is 12.9. The van der Waals surface area contributed by atoms with E-state index in [0.29, 0.717) is 12.1 Å². The number of methoxy groups -OCH3 is 1. The Bertz CT molecular complexity index is 475. The summed E-state index contributed by atoms with van der Waals surface area (Å²) in [7, 11) is 3.69. The van der Waals surface area contributed by atoms with Gasteiger partial charge in [0.15, 0.2) is 11.6 Å². The number of nitrogens with one attached hydrogen (secondary N) is 2. The van der Waals surface area contributed by atoms with E-state index in [1.807, 2.05) is 7.05 Å². The van der Waals surface area contributed by atoms with Crippen LogP contribution < -0.4 is 20.3 Å². The predicted octanol–water partition coefficient (Wildman–Crippen LogP) is 1.64. The Labute approximate surface area is 126 Å². The van der Waals surface area contributed by atoms with Crippen molar-refractivity contribution in [1.82, 2.24) is 15.3 Å². The number of hydrogen-bond acceptors (Lipinski definition) is 6. The summed E-state index contributed by atoms with van der Waals surface area (Å²) >= 11 is 0. The fourth-order valence-corrected chi connectivity index (χ4v) is 3.24. The van der Waals surface area contributed by atoms with Crippen LogP contribution in [0.4, 0.5) is 11.8 Å². The molecule has 2 aliphatic rings. The van der Waals surface area contributed by atoms with E-state index in [2.05, 4.69) is 20.5 Å². The van der Waals surface area contributed by atoms with Gasteiger partial charge in [-0.1, -0.05) is 12.8 Å². The van der Waals surface area contributed by atoms with Gasteiger partial charge >= 0.3 is 0 Å². The third-order valence-corrected chi connectivity index (χ3v) is 4.54. The second-order valence-electron chi connectivity index (χ2n) is 5.93. The molecule has 0 bridgehead atoms. The molecule has 6 nitrogen and oxygen atoms in total. The van der Waals surface area contributed by atoms with Gasteiger partial charge in [0, 0.05) is 25.2 Å². The Hall–Kier alpha value is -1.56. The maximum atomic E-state index is 5.44. The topological polar surface area (TPSA) is 62.3 Å². The van der Waals surface area contributed by atoms with Gasteiger partial charge in [0.1, 0.15) is 0 Å². The van der Waals surface area contributed by atoms with E-state index in [4.69, 9.17) is 9.72 Å². The molecular formula is C15H25N5O. The largest absolute Gasteiger partial charge is 0.491 e. The Kier molecular flexibility index (Phi) is 4.43. The fourth-order valence-electron chi connectivity index (χ4n) is 3.24. The van der Waals surface area contributed by atoms with Crippen molar-refractivity contribution in [2.45, 2.75) is 44.2 Å². The van der Waals surface area contributed by atoms with Crippen LogP contribution in [0.3, 0.4) is 0 Å². The van der Waals surface area contributed by atoms with E-state index in [9.17, 15) is 0 Å². The van der Waals surface area contributed by atoms with Crippen molar-refractivity contribution in [3.8, 4) is 5.75 Å². The lowest BCUT2D eigenvalue weighted by Crippen LogP contribution is -2.30. The Morgan fingerprint density at radius 3 is 2.71 bits per heavy atom. The molecule has 2 N–H and O–H groups in total. The van der Waals surface area contributed by atoms with Crippen molar-refractivity contribution in [1.29, 1.82) is 0 Å². The van der Waals surface area contributed by atoms with Crippen molar-refractivity contribution in [3.63, 3.8) is 0 Å². The number of hydrogen-bond donors (Lipinski definition) is 2. The number of aromatic nitrogens is 2. The monoisotopic (exact) mass is 291 g/mol. The first kappa shape index (κ1) is 14.4. The van der Waals surface area contributed by atoms with Gasteiger partial charge in [-0.05, 0) is 26.3 Å². The molecule has 1 saturated carbocycles. The summed E-state index contributed by atoms with van der Waals surface area (Å²) in [4.78, 5) is 11.4. The van der Waals surface area contributed by atoms with Crippen LogP contribution in [0.25, 0.3) is 0 Å². The second kappa shape index (κ2) is 6.47. The van der Waals surface area contributed by atoms with Gasteiger partial charge in [0.2, 0.25) is 5.95 Å². The zero-order chi connectivity index (χ0) is 14.7. The van der Waals surface area contributed by atoms with Crippen molar-refractivity contribution in [2.75, 3.05) is 37.5 Å². The van der Waals surface area contributed by atoms with Crippen molar-refractivity contribution >= 4 is 11.8 Å². The Morgan fingerprint density at radius 1 is 1.24 bits per heavy atom. The minimum Gasteiger partial charge on any atom is -0.491 e. The van der Waals surface area contributed by atoms with Crippen molar-refractivity contribution < 1.29 is 4.74 Å². The van der Waals surface area contributed by atoms with E-state index < -0.39 is 0 Å². The third-order valence-electron chi connectivity index (χ3n) is 4.54. The Balaban J connectivity index is 1.76. The van der Waals surface area contributed by atoms with Gasteiger partial charge in [-0.2, -0.15) is 4.98 Å². The van der Waals surface area contributed by atoms with E-state index in [1.165, 1.54) is 25.7 Å². The smallest absolute Gasteiger partial charge is 0.225 e. The summed E-state index contributed by atoms with van der Waals surface area (Å²) in [6, 6.07) is 1.05. The molecule has 6 heteroatoms. The molecule has 21 heavy (non-hydrogen) atoms. The summed E-state index contributed by atoms with van der Waals surface area (Å²) in [6.07, 6.45) is 7.96. The van der Waals surface area contributed by atoms with Crippen LogP contribution in [-0.4, -0.2) is 49.3 Å². The standard InChI is InChI=1S/C15H25N5O/c1-16-12-7-8-20(10-12)14-13(21-2)9-17-15(19-14)18-11-5-3-4-6-11/h9,11-12,16H,3-8,10H2,1-2H3,(H,17,18,19). The fraction of sp³-hybridized carbons (Fsp3) is 0.733. The first-order chi connectivity index (χ1) is 10.3. The minimum absolute atomic E-state index is 0.523. The minimum atomic E-state index is 0.523. The van der Waals surface area contributed by atoms with Gasteiger partial charge in [-0.15, -0.1) is 0 Å². The number of anilines is 2. The molecule has 3 rings (SSSR count). The lowest BCUT2D eigenvalue weighted by molar-refractivity contribution is 0.411. The maximum Gasteiger partial charge on any atom is 0.225 e. The van der Waals surface area contributed by atoms with Crippen molar-refractivity contribution in [2.24, 2.45) is 0 Å². The molecule has 116 valence electrons. The van der Waals surface area contributed by atoms with Gasteiger partial charge in [-0.3, -0.25) is 0 Å². The highest BCUT2D eigenvalue weighted by Gasteiger charge is 2.25. The molecule has 1 aromatic heterocycles. The van der Waals surface area contributed by atoms with Crippen LogP contribution in [0.2, 0.25) is 0 Å². The average Bonchev–Trinajstić information content (AvgIpc) is 3.18. The molecule has 0 amide bonds. The highest BCUT2D eigenvalue weighted by molar-refractivity contribution is 5.55. The number of ether oxygens (including phenoxy) is 1. The molecule has 1 saturated heterocycles. The van der Waals surface area contributed by atoms with E-state index >= 15 is 0 Å². The summed E-state index contributed by atoms with van der Waals surface area (Å²) in [5, 5.41) is 6.79. The van der Waals surface area contributed by atoms with Crippen LogP contribution in [0, 0.1) is 0 Å². The summed E-state index contributed by atoms with van der Waals surface area (Å²) in [6.45, 7) is 1.97. The zero-order valence-electron chi connectivity index (χ0n) is 12.9. The summed E-state index contributed by atoms with van der Waals surface area (Å²) in [5.41, 5.74) is 0. The molecule has 2 fully saturated rings. The molecule has 1 unspecified atom stereocenters. The van der Waals surface area contributed by atoms with Crippen molar-refractivity contribution in [3.05, 3.63) is 6.20 Å². The van der Waals surface area contributed by atoms with Crippen LogP contribution in [0.15, 0.2) is 6.20 Å². The SMILES string of the molecule is CNC1CCN(c2nc(NC3CCCC3)ncc2OC)C1. The van der Waals surface area contributed by atoms with Crippen LogP contribution in [0.1, 0.15) is 32.1 Å². The predicted molar refractivity (Wildman–Crippen MR) is 84.1 cm³/mol. The van der Waals surface area contributed by atoms with Crippen LogP contribution in [0.5, 0.6) is 5.75 Å². The maximum absolute atomic E-state index is 5.44. The van der Waals surface area contributed by atoms with Gasteiger partial charge in [-0.25, -0.2) is 4.98 Å². The normalized spacial score (nSPS) is 22.8. The molecule has 0 aromatic carbocycles. The van der Waals surface area contributed by atoms with Gasteiger partial charge in [0.05, 0.1) is 13.3 Å². The quantitative estimate of drug-likeness (QED) is 0.860. The van der Waals surface area contributed by atoms with Crippen LogP contribution in [-0.2, 0) is 0 Å². The number of nitrogens with zero attached hydrogens (tertiary/aromatic N) is 3. The van der Waals surface area contributed by atoms with Crippen LogP contribution >= 0.6 is 0 Å². The second-order valence-corrected chi connectivity index (χ2v) is 5.93. The highest BCUT2D eigenvalue weighted by Crippen LogP contribution is 2.30. The average molecular weight is 291 g/mol. The van der Waals surface area contributed by atoms with Gasteiger partial charge < -0.3 is 20.3 Å². The van der Waals surface area contributed by atoms with E-state index in [1.54, 1.807) is 13.3 Å². The molecule has 0 spiro atoms. The molecule has 0 radical (unpaired) electrons. The molecule has 1 aromatic rings. The number of rotatable bonds is 5. The first-order valence-electron chi connectivity index (χ1n) is 7.90. The third kappa shape index (κ3) is 3.20. The molecule has 2 heterocycles. The molecule has 1 atom stereocenters. The number of likely N-dealkylation sites (N-methyl/N-ethyl adjacent to an activating group) is 1. The van der Waals surface area contributed by atoms with E-state index in [0.717, 1.165) is 37.0 Å². The molecular weight excluding hydrogens is 266 g/mol.